The van der Waals surface area contributed by atoms with Gasteiger partial charge in [0.2, 0.25) is 0 Å². The summed E-state index contributed by atoms with van der Waals surface area (Å²) in [4.78, 5) is 13.3. The van der Waals surface area contributed by atoms with Crippen LogP contribution in [0.4, 0.5) is 0 Å². The van der Waals surface area contributed by atoms with Gasteiger partial charge in [0.15, 0.2) is 0 Å². The smallest absolute Gasteiger partial charge is 0.307 e. The molecule has 1 aromatic rings. The highest BCUT2D eigenvalue weighted by molar-refractivity contribution is 5.69. The minimum atomic E-state index is -0.128. The highest BCUT2D eigenvalue weighted by atomic mass is 16.5. The number of benzene rings is 1. The first-order chi connectivity index (χ1) is 8.72. The lowest BCUT2D eigenvalue weighted by Crippen LogP contribution is -2.22. The van der Waals surface area contributed by atoms with Crippen molar-refractivity contribution in [3.63, 3.8) is 0 Å². The topological polar surface area (TPSA) is 29.5 Å². The van der Waals surface area contributed by atoms with Gasteiger partial charge in [0.25, 0.3) is 0 Å². The van der Waals surface area contributed by atoms with E-state index in [1.165, 1.54) is 5.56 Å². The van der Waals surface area contributed by atoms with Crippen molar-refractivity contribution in [2.75, 3.05) is 26.7 Å². The van der Waals surface area contributed by atoms with Crippen LogP contribution in [0.2, 0.25) is 0 Å². The van der Waals surface area contributed by atoms with Crippen LogP contribution >= 0.6 is 0 Å². The van der Waals surface area contributed by atoms with Crippen molar-refractivity contribution in [2.45, 2.75) is 13.3 Å². The lowest BCUT2D eigenvalue weighted by Gasteiger charge is -2.13. The number of hydrogen-bond acceptors (Lipinski definition) is 3. The normalized spacial score (nSPS) is 11.1. The standard InChI is InChI=1S/C15H21NO2/c1-3-18-15(17)11-13-16(2)12-7-10-14-8-5-4-6-9-14/h4-10H,3,11-13H2,1-2H3. The molecule has 0 unspecified atom stereocenters. The summed E-state index contributed by atoms with van der Waals surface area (Å²) in [7, 11) is 1.99. The van der Waals surface area contributed by atoms with E-state index in [1.54, 1.807) is 0 Å². The first-order valence-electron chi connectivity index (χ1n) is 6.28. The quantitative estimate of drug-likeness (QED) is 0.694. The van der Waals surface area contributed by atoms with Crippen LogP contribution < -0.4 is 0 Å². The monoisotopic (exact) mass is 247 g/mol. The van der Waals surface area contributed by atoms with E-state index >= 15 is 0 Å². The summed E-state index contributed by atoms with van der Waals surface area (Å²) >= 11 is 0. The molecule has 3 heteroatoms. The maximum absolute atomic E-state index is 11.2. The fourth-order valence-corrected chi connectivity index (χ4v) is 1.54. The fraction of sp³-hybridized carbons (Fsp3) is 0.400. The van der Waals surface area contributed by atoms with E-state index in [0.29, 0.717) is 13.0 Å². The van der Waals surface area contributed by atoms with Crippen LogP contribution in [0.25, 0.3) is 6.08 Å². The molecule has 1 aromatic carbocycles. The van der Waals surface area contributed by atoms with Crippen LogP contribution in [0.15, 0.2) is 36.4 Å². The number of hydrogen-bond donors (Lipinski definition) is 0. The third kappa shape index (κ3) is 6.21. The summed E-state index contributed by atoms with van der Waals surface area (Å²) in [6, 6.07) is 10.2. The van der Waals surface area contributed by atoms with E-state index in [1.807, 2.05) is 32.2 Å². The second kappa shape index (κ2) is 8.48. The van der Waals surface area contributed by atoms with Crippen molar-refractivity contribution in [3.05, 3.63) is 42.0 Å². The van der Waals surface area contributed by atoms with Gasteiger partial charge in [-0.3, -0.25) is 4.79 Å². The summed E-state index contributed by atoms with van der Waals surface area (Å²) in [6.07, 6.45) is 4.63. The summed E-state index contributed by atoms with van der Waals surface area (Å²) < 4.78 is 4.88. The first kappa shape index (κ1) is 14.5. The molecule has 0 amide bonds. The van der Waals surface area contributed by atoms with E-state index in [2.05, 4.69) is 29.2 Å². The summed E-state index contributed by atoms with van der Waals surface area (Å²) in [6.45, 7) is 3.83. The van der Waals surface area contributed by atoms with Gasteiger partial charge >= 0.3 is 5.97 Å². The largest absolute Gasteiger partial charge is 0.466 e. The molecule has 0 radical (unpaired) electrons. The number of carbonyl (C=O) groups is 1. The zero-order valence-electron chi connectivity index (χ0n) is 11.1. The molecule has 0 aromatic heterocycles. The Morgan fingerprint density at radius 1 is 1.33 bits per heavy atom. The number of esters is 1. The highest BCUT2D eigenvalue weighted by Gasteiger charge is 2.03. The van der Waals surface area contributed by atoms with E-state index in [0.717, 1.165) is 13.1 Å². The van der Waals surface area contributed by atoms with Gasteiger partial charge < -0.3 is 9.64 Å². The maximum Gasteiger partial charge on any atom is 0.307 e. The molecule has 0 heterocycles. The van der Waals surface area contributed by atoms with Crippen LogP contribution in [-0.2, 0) is 9.53 Å². The Bertz CT molecular complexity index is 373. The zero-order chi connectivity index (χ0) is 13.2. The third-order valence-electron chi connectivity index (χ3n) is 2.53. The molecule has 0 atom stereocenters. The van der Waals surface area contributed by atoms with Crippen LogP contribution in [0, 0.1) is 0 Å². The van der Waals surface area contributed by atoms with Gasteiger partial charge in [-0.25, -0.2) is 0 Å². The number of carbonyl (C=O) groups excluding carboxylic acids is 1. The molecule has 0 N–H and O–H groups in total. The van der Waals surface area contributed by atoms with Crippen molar-refractivity contribution >= 4 is 12.0 Å². The summed E-state index contributed by atoms with van der Waals surface area (Å²) in [5, 5.41) is 0. The van der Waals surface area contributed by atoms with Crippen molar-refractivity contribution in [1.82, 2.24) is 4.90 Å². The predicted molar refractivity (Wildman–Crippen MR) is 74.2 cm³/mol. The average molecular weight is 247 g/mol. The second-order valence-corrected chi connectivity index (χ2v) is 4.13. The van der Waals surface area contributed by atoms with Gasteiger partial charge in [0.1, 0.15) is 0 Å². The van der Waals surface area contributed by atoms with Crippen molar-refractivity contribution in [2.24, 2.45) is 0 Å². The molecule has 0 saturated heterocycles. The van der Waals surface area contributed by atoms with Gasteiger partial charge in [-0.1, -0.05) is 42.5 Å². The van der Waals surface area contributed by atoms with Crippen molar-refractivity contribution in [1.29, 1.82) is 0 Å². The fourth-order valence-electron chi connectivity index (χ4n) is 1.54. The highest BCUT2D eigenvalue weighted by Crippen LogP contribution is 2.01. The van der Waals surface area contributed by atoms with Crippen LogP contribution in [0.1, 0.15) is 18.9 Å². The molecule has 1 rings (SSSR count). The van der Waals surface area contributed by atoms with Gasteiger partial charge in [-0.05, 0) is 19.5 Å². The lowest BCUT2D eigenvalue weighted by atomic mass is 10.2. The molecule has 0 aliphatic rings. The Kier molecular flexibility index (Phi) is 6.81. The van der Waals surface area contributed by atoms with Gasteiger partial charge in [0, 0.05) is 13.1 Å². The van der Waals surface area contributed by atoms with E-state index in [-0.39, 0.29) is 5.97 Å². The molecule has 0 aliphatic carbocycles. The molecule has 0 saturated carbocycles. The number of likely N-dealkylation sites (N-methyl/N-ethyl adjacent to an activating group) is 1. The van der Waals surface area contributed by atoms with Crippen molar-refractivity contribution < 1.29 is 9.53 Å². The van der Waals surface area contributed by atoms with Gasteiger partial charge in [-0.2, -0.15) is 0 Å². The molecular weight excluding hydrogens is 226 g/mol. The second-order valence-electron chi connectivity index (χ2n) is 4.13. The third-order valence-corrected chi connectivity index (χ3v) is 2.53. The molecule has 18 heavy (non-hydrogen) atoms. The Morgan fingerprint density at radius 2 is 2.06 bits per heavy atom. The summed E-state index contributed by atoms with van der Waals surface area (Å²) in [5.41, 5.74) is 1.19. The molecule has 0 aliphatic heterocycles. The summed E-state index contributed by atoms with van der Waals surface area (Å²) in [5.74, 6) is -0.128. The van der Waals surface area contributed by atoms with E-state index in [4.69, 9.17) is 4.74 Å². The van der Waals surface area contributed by atoms with Crippen LogP contribution in [0.5, 0.6) is 0 Å². The number of nitrogens with zero attached hydrogens (tertiary/aromatic N) is 1. The molecule has 0 spiro atoms. The zero-order valence-corrected chi connectivity index (χ0v) is 11.1. The van der Waals surface area contributed by atoms with E-state index < -0.39 is 0 Å². The Morgan fingerprint density at radius 3 is 2.72 bits per heavy atom. The number of ether oxygens (including phenoxy) is 1. The minimum Gasteiger partial charge on any atom is -0.466 e. The van der Waals surface area contributed by atoms with Crippen molar-refractivity contribution in [3.8, 4) is 0 Å². The Hall–Kier alpha value is -1.61. The first-order valence-corrected chi connectivity index (χ1v) is 6.28. The average Bonchev–Trinajstić information content (AvgIpc) is 2.38. The molecule has 98 valence electrons. The molecule has 0 fully saturated rings. The molecule has 3 nitrogen and oxygen atoms in total. The predicted octanol–water partition coefficient (Wildman–Crippen LogP) is 2.58. The van der Waals surface area contributed by atoms with Crippen LogP contribution in [-0.4, -0.2) is 37.6 Å². The Labute approximate surface area is 109 Å². The lowest BCUT2D eigenvalue weighted by molar-refractivity contribution is -0.143. The molecule has 0 bridgehead atoms. The minimum absolute atomic E-state index is 0.128. The van der Waals surface area contributed by atoms with Crippen LogP contribution in [0.3, 0.4) is 0 Å². The van der Waals surface area contributed by atoms with Gasteiger partial charge in [-0.15, -0.1) is 0 Å². The van der Waals surface area contributed by atoms with E-state index in [9.17, 15) is 4.79 Å². The Balaban J connectivity index is 2.23. The maximum atomic E-state index is 11.2. The SMILES string of the molecule is CCOC(=O)CCN(C)CC=Cc1ccccc1. The number of rotatable bonds is 7. The molecular formula is C15H21NO2. The van der Waals surface area contributed by atoms with Gasteiger partial charge in [0.05, 0.1) is 13.0 Å².